The number of hydrogen-bond donors (Lipinski definition) is 1. The minimum Gasteiger partial charge on any atom is -0.493 e. The maximum atomic E-state index is 5.68. The van der Waals surface area contributed by atoms with Crippen LogP contribution in [0.2, 0.25) is 0 Å². The molecule has 2 rings (SSSR count). The van der Waals surface area contributed by atoms with Crippen LogP contribution in [0.3, 0.4) is 0 Å². The average Bonchev–Trinajstić information content (AvgIpc) is 2.19. The molecule has 0 spiro atoms. The van der Waals surface area contributed by atoms with Gasteiger partial charge in [0.25, 0.3) is 0 Å². The molecule has 0 bridgehead atoms. The van der Waals surface area contributed by atoms with Gasteiger partial charge in [-0.15, -0.1) is 0 Å². The van der Waals surface area contributed by atoms with Gasteiger partial charge < -0.3 is 10.5 Å². The van der Waals surface area contributed by atoms with Crippen molar-refractivity contribution in [2.24, 2.45) is 11.8 Å². The molecule has 2 atom stereocenters. The lowest BCUT2D eigenvalue weighted by Crippen LogP contribution is -2.28. The largest absolute Gasteiger partial charge is 0.493 e. The van der Waals surface area contributed by atoms with Crippen molar-refractivity contribution >= 4 is 5.69 Å². The van der Waals surface area contributed by atoms with Crippen LogP contribution < -0.4 is 10.5 Å². The first-order valence-electron chi connectivity index (χ1n) is 5.24. The molecule has 1 aromatic carbocycles. The molecule has 14 heavy (non-hydrogen) atoms. The van der Waals surface area contributed by atoms with E-state index in [0.717, 1.165) is 29.9 Å². The molecule has 2 nitrogen and oxygen atoms in total. The Balaban J connectivity index is 1.83. The number of ether oxygens (including phenoxy) is 1. The highest BCUT2D eigenvalue weighted by Gasteiger charge is 2.26. The first-order chi connectivity index (χ1) is 6.75. The Morgan fingerprint density at radius 3 is 2.50 bits per heavy atom. The van der Waals surface area contributed by atoms with Crippen LogP contribution in [0.4, 0.5) is 5.69 Å². The number of rotatable bonds is 3. The van der Waals surface area contributed by atoms with Gasteiger partial charge in [-0.3, -0.25) is 0 Å². The molecule has 1 saturated carbocycles. The Kier molecular flexibility index (Phi) is 2.62. The molecule has 76 valence electrons. The van der Waals surface area contributed by atoms with Crippen molar-refractivity contribution in [1.82, 2.24) is 0 Å². The summed E-state index contributed by atoms with van der Waals surface area (Å²) in [5, 5.41) is 0. The smallest absolute Gasteiger partial charge is 0.119 e. The van der Waals surface area contributed by atoms with Crippen molar-refractivity contribution in [2.75, 3.05) is 12.3 Å². The normalized spacial score (nSPS) is 25.5. The Bertz CT molecular complexity index is 294. The fourth-order valence-corrected chi connectivity index (χ4v) is 1.75. The molecular formula is C12H17NO. The molecule has 0 saturated heterocycles. The maximum Gasteiger partial charge on any atom is 0.119 e. The molecule has 1 aromatic rings. The van der Waals surface area contributed by atoms with Crippen LogP contribution in [0.15, 0.2) is 24.3 Å². The number of nitrogens with two attached hydrogens (primary N) is 1. The van der Waals surface area contributed by atoms with Gasteiger partial charge in [0.1, 0.15) is 5.75 Å². The molecule has 0 amide bonds. The van der Waals surface area contributed by atoms with Crippen LogP contribution in [0.25, 0.3) is 0 Å². The zero-order valence-electron chi connectivity index (χ0n) is 8.57. The van der Waals surface area contributed by atoms with Crippen LogP contribution >= 0.6 is 0 Å². The highest BCUT2D eigenvalue weighted by molar-refractivity contribution is 5.41. The summed E-state index contributed by atoms with van der Waals surface area (Å²) in [5.74, 6) is 2.52. The van der Waals surface area contributed by atoms with E-state index in [-0.39, 0.29) is 0 Å². The topological polar surface area (TPSA) is 35.2 Å². The van der Waals surface area contributed by atoms with Gasteiger partial charge in [-0.25, -0.2) is 0 Å². The SMILES string of the molecule is C[C@@H]1CC[C@@H]1COc1ccc(N)cc1. The zero-order valence-corrected chi connectivity index (χ0v) is 8.57. The zero-order chi connectivity index (χ0) is 9.97. The van der Waals surface area contributed by atoms with E-state index in [1.165, 1.54) is 12.8 Å². The van der Waals surface area contributed by atoms with E-state index in [1.54, 1.807) is 0 Å². The summed E-state index contributed by atoms with van der Waals surface area (Å²) >= 11 is 0. The van der Waals surface area contributed by atoms with Gasteiger partial charge in [-0.2, -0.15) is 0 Å². The molecular weight excluding hydrogens is 174 g/mol. The van der Waals surface area contributed by atoms with Crippen LogP contribution in [0.1, 0.15) is 19.8 Å². The lowest BCUT2D eigenvalue weighted by molar-refractivity contribution is 0.116. The van der Waals surface area contributed by atoms with E-state index in [9.17, 15) is 0 Å². The minimum absolute atomic E-state index is 0.757. The molecule has 2 N–H and O–H groups in total. The number of benzene rings is 1. The molecule has 0 radical (unpaired) electrons. The van der Waals surface area contributed by atoms with Crippen molar-refractivity contribution in [1.29, 1.82) is 0 Å². The molecule has 1 fully saturated rings. The van der Waals surface area contributed by atoms with Crippen molar-refractivity contribution in [2.45, 2.75) is 19.8 Å². The summed E-state index contributed by atoms with van der Waals surface area (Å²) in [6.45, 7) is 3.14. The minimum atomic E-state index is 0.757. The van der Waals surface area contributed by atoms with Crippen molar-refractivity contribution in [3.05, 3.63) is 24.3 Å². The summed E-state index contributed by atoms with van der Waals surface area (Å²) in [6, 6.07) is 7.61. The summed E-state index contributed by atoms with van der Waals surface area (Å²) in [4.78, 5) is 0. The summed E-state index contributed by atoms with van der Waals surface area (Å²) in [7, 11) is 0. The maximum absolute atomic E-state index is 5.68. The predicted octanol–water partition coefficient (Wildman–Crippen LogP) is 2.69. The van der Waals surface area contributed by atoms with Gasteiger partial charge in [-0.05, 0) is 48.9 Å². The van der Waals surface area contributed by atoms with Crippen molar-refractivity contribution in [3.63, 3.8) is 0 Å². The Hall–Kier alpha value is -1.18. The van der Waals surface area contributed by atoms with E-state index in [4.69, 9.17) is 10.5 Å². The molecule has 1 aliphatic rings. The Morgan fingerprint density at radius 2 is 2.00 bits per heavy atom. The highest BCUT2D eigenvalue weighted by Crippen LogP contribution is 2.33. The highest BCUT2D eigenvalue weighted by atomic mass is 16.5. The molecule has 1 aliphatic carbocycles. The van der Waals surface area contributed by atoms with Gasteiger partial charge in [0, 0.05) is 5.69 Å². The molecule has 0 aromatic heterocycles. The average molecular weight is 191 g/mol. The van der Waals surface area contributed by atoms with Gasteiger partial charge in [0.2, 0.25) is 0 Å². The van der Waals surface area contributed by atoms with E-state index in [0.29, 0.717) is 0 Å². The Labute approximate surface area is 85.1 Å². The van der Waals surface area contributed by atoms with Crippen molar-refractivity contribution < 1.29 is 4.74 Å². The van der Waals surface area contributed by atoms with E-state index in [1.807, 2.05) is 24.3 Å². The van der Waals surface area contributed by atoms with Gasteiger partial charge in [0.15, 0.2) is 0 Å². The third-order valence-corrected chi connectivity index (χ3v) is 3.14. The fraction of sp³-hybridized carbons (Fsp3) is 0.500. The fourth-order valence-electron chi connectivity index (χ4n) is 1.75. The molecule has 0 aliphatic heterocycles. The first kappa shape index (κ1) is 9.38. The van der Waals surface area contributed by atoms with Gasteiger partial charge >= 0.3 is 0 Å². The molecule has 0 unspecified atom stereocenters. The lowest BCUT2D eigenvalue weighted by Gasteiger charge is -2.33. The van der Waals surface area contributed by atoms with E-state index < -0.39 is 0 Å². The second-order valence-corrected chi connectivity index (χ2v) is 4.19. The van der Waals surface area contributed by atoms with Crippen molar-refractivity contribution in [3.8, 4) is 5.75 Å². The lowest BCUT2D eigenvalue weighted by atomic mass is 9.75. The predicted molar refractivity (Wildman–Crippen MR) is 58.2 cm³/mol. The Morgan fingerprint density at radius 1 is 1.29 bits per heavy atom. The summed E-state index contributed by atoms with van der Waals surface area (Å²) < 4.78 is 5.68. The van der Waals surface area contributed by atoms with Crippen LogP contribution in [-0.2, 0) is 0 Å². The second-order valence-electron chi connectivity index (χ2n) is 4.19. The van der Waals surface area contributed by atoms with E-state index in [2.05, 4.69) is 6.92 Å². The van der Waals surface area contributed by atoms with Crippen LogP contribution in [0.5, 0.6) is 5.75 Å². The van der Waals surface area contributed by atoms with Gasteiger partial charge in [0.05, 0.1) is 6.61 Å². The number of hydrogen-bond acceptors (Lipinski definition) is 2. The third-order valence-electron chi connectivity index (χ3n) is 3.14. The first-order valence-corrected chi connectivity index (χ1v) is 5.24. The van der Waals surface area contributed by atoms with Crippen LogP contribution in [-0.4, -0.2) is 6.61 Å². The quantitative estimate of drug-likeness (QED) is 0.745. The number of nitrogen functional groups attached to an aromatic ring is 1. The van der Waals surface area contributed by atoms with Crippen LogP contribution in [0, 0.1) is 11.8 Å². The molecule has 2 heteroatoms. The van der Waals surface area contributed by atoms with Gasteiger partial charge in [-0.1, -0.05) is 6.92 Å². The second kappa shape index (κ2) is 3.91. The summed E-state index contributed by atoms with van der Waals surface area (Å²) in [6.07, 6.45) is 2.67. The standard InChI is InChI=1S/C12H17NO/c1-9-2-3-10(9)8-14-12-6-4-11(13)5-7-12/h4-7,9-10H,2-3,8,13H2,1H3/t9-,10-/m1/s1. The summed E-state index contributed by atoms with van der Waals surface area (Å²) in [5.41, 5.74) is 6.37. The monoisotopic (exact) mass is 191 g/mol. The number of anilines is 1. The third kappa shape index (κ3) is 2.00. The van der Waals surface area contributed by atoms with E-state index >= 15 is 0 Å². The molecule has 0 heterocycles.